The Morgan fingerprint density at radius 3 is 2.60 bits per heavy atom. The number of furan rings is 1. The van der Waals surface area contributed by atoms with Crippen molar-refractivity contribution in [1.29, 1.82) is 0 Å². The Morgan fingerprint density at radius 1 is 1.25 bits per heavy atom. The molecule has 0 amide bonds. The van der Waals surface area contributed by atoms with Crippen LogP contribution in [0.3, 0.4) is 0 Å². The first kappa shape index (κ1) is 13.9. The second-order valence-electron chi connectivity index (χ2n) is 4.34. The maximum Gasteiger partial charge on any atom is 0.152 e. The van der Waals surface area contributed by atoms with E-state index in [1.807, 2.05) is 44.3 Å². The van der Waals surface area contributed by atoms with Gasteiger partial charge in [0, 0.05) is 12.7 Å². The van der Waals surface area contributed by atoms with Crippen LogP contribution in [0.25, 0.3) is 23.6 Å². The molecule has 0 spiro atoms. The number of hydrogen-bond acceptors (Lipinski definition) is 3. The molecule has 0 radical (unpaired) electrons. The van der Waals surface area contributed by atoms with Crippen LogP contribution in [-0.2, 0) is 0 Å². The molecule has 102 valence electrons. The van der Waals surface area contributed by atoms with Gasteiger partial charge in [-0.3, -0.25) is 0 Å². The molecule has 1 N–H and O–H groups in total. The highest BCUT2D eigenvalue weighted by atomic mass is 16.3. The second kappa shape index (κ2) is 6.06. The van der Waals surface area contributed by atoms with E-state index in [0.29, 0.717) is 0 Å². The van der Waals surface area contributed by atoms with E-state index in [0.717, 1.165) is 34.2 Å². The molecule has 0 aliphatic carbocycles. The highest BCUT2D eigenvalue weighted by Crippen LogP contribution is 2.23. The number of likely N-dealkylation sites (N-methyl/N-ethyl adjacent to an activating group) is 1. The molecule has 0 atom stereocenters. The Kier molecular flexibility index (Phi) is 4.20. The number of nitrogens with zero attached hydrogens (tertiary/aromatic N) is 1. The van der Waals surface area contributed by atoms with E-state index in [-0.39, 0.29) is 0 Å². The highest BCUT2D eigenvalue weighted by molar-refractivity contribution is 5.67. The number of rotatable bonds is 5. The number of allylic oxidation sites excluding steroid dienone is 1. The SMILES string of the molecule is C=C/C(=C\c1nc(-c2ccc(C)o2)ccc1C=C)NC. The van der Waals surface area contributed by atoms with Gasteiger partial charge in [0.25, 0.3) is 0 Å². The molecule has 2 heterocycles. The minimum atomic E-state index is 0.761. The maximum absolute atomic E-state index is 5.61. The standard InChI is InChI=1S/C17H18N2O/c1-5-13-8-9-15(17-10-7-12(3)20-17)19-16(13)11-14(6-2)18-4/h5-11,18H,1-2H2,3-4H3/b14-11+. The fourth-order valence-electron chi connectivity index (χ4n) is 1.86. The molecule has 0 bridgehead atoms. The van der Waals surface area contributed by atoms with Crippen molar-refractivity contribution < 1.29 is 4.42 Å². The zero-order chi connectivity index (χ0) is 14.5. The molecular formula is C17H18N2O. The van der Waals surface area contributed by atoms with Crippen molar-refractivity contribution >= 4 is 12.2 Å². The van der Waals surface area contributed by atoms with Crippen LogP contribution in [-0.4, -0.2) is 12.0 Å². The molecule has 2 aromatic heterocycles. The van der Waals surface area contributed by atoms with E-state index in [1.54, 1.807) is 12.2 Å². The van der Waals surface area contributed by atoms with Crippen molar-refractivity contribution in [3.63, 3.8) is 0 Å². The first-order valence-electron chi connectivity index (χ1n) is 6.40. The lowest BCUT2D eigenvalue weighted by Crippen LogP contribution is -2.03. The lowest BCUT2D eigenvalue weighted by atomic mass is 10.1. The fraction of sp³-hybridized carbons (Fsp3) is 0.118. The third-order valence-corrected chi connectivity index (χ3v) is 2.97. The molecule has 0 saturated heterocycles. The summed E-state index contributed by atoms with van der Waals surface area (Å²) in [6.45, 7) is 9.50. The lowest BCUT2D eigenvalue weighted by molar-refractivity contribution is 0.546. The highest BCUT2D eigenvalue weighted by Gasteiger charge is 2.07. The summed E-state index contributed by atoms with van der Waals surface area (Å²) in [6.07, 6.45) is 5.47. The van der Waals surface area contributed by atoms with Crippen LogP contribution in [0.1, 0.15) is 17.0 Å². The van der Waals surface area contributed by atoms with Crippen molar-refractivity contribution in [2.24, 2.45) is 0 Å². The summed E-state index contributed by atoms with van der Waals surface area (Å²) >= 11 is 0. The van der Waals surface area contributed by atoms with E-state index < -0.39 is 0 Å². The van der Waals surface area contributed by atoms with Gasteiger partial charge in [-0.15, -0.1) is 0 Å². The van der Waals surface area contributed by atoms with Gasteiger partial charge in [0.15, 0.2) is 5.76 Å². The molecule has 0 fully saturated rings. The van der Waals surface area contributed by atoms with Gasteiger partial charge in [-0.25, -0.2) is 4.98 Å². The molecule has 3 heteroatoms. The Bertz CT molecular complexity index is 665. The van der Waals surface area contributed by atoms with E-state index in [4.69, 9.17) is 4.42 Å². The fourth-order valence-corrected chi connectivity index (χ4v) is 1.86. The smallest absolute Gasteiger partial charge is 0.152 e. The Hall–Kier alpha value is -2.55. The molecule has 2 rings (SSSR count). The molecule has 0 saturated carbocycles. The predicted octanol–water partition coefficient (Wildman–Crippen LogP) is 4.04. The Morgan fingerprint density at radius 2 is 2.05 bits per heavy atom. The van der Waals surface area contributed by atoms with Crippen LogP contribution < -0.4 is 5.32 Å². The monoisotopic (exact) mass is 266 g/mol. The number of nitrogens with one attached hydrogen (secondary N) is 1. The zero-order valence-electron chi connectivity index (χ0n) is 11.8. The van der Waals surface area contributed by atoms with Gasteiger partial charge in [0.05, 0.1) is 5.69 Å². The van der Waals surface area contributed by atoms with E-state index in [2.05, 4.69) is 23.5 Å². The van der Waals surface area contributed by atoms with Crippen LogP contribution >= 0.6 is 0 Å². The van der Waals surface area contributed by atoms with Crippen LogP contribution in [0, 0.1) is 6.92 Å². The Labute approximate surface area is 119 Å². The summed E-state index contributed by atoms with van der Waals surface area (Å²) in [5.74, 6) is 1.63. The molecule has 0 unspecified atom stereocenters. The lowest BCUT2D eigenvalue weighted by Gasteiger charge is -2.06. The molecule has 0 aliphatic heterocycles. The van der Waals surface area contributed by atoms with Crippen molar-refractivity contribution in [2.75, 3.05) is 7.05 Å². The van der Waals surface area contributed by atoms with Crippen molar-refractivity contribution in [2.45, 2.75) is 6.92 Å². The minimum absolute atomic E-state index is 0.761. The number of hydrogen-bond donors (Lipinski definition) is 1. The first-order valence-corrected chi connectivity index (χ1v) is 6.40. The van der Waals surface area contributed by atoms with Gasteiger partial charge in [0.2, 0.25) is 0 Å². The van der Waals surface area contributed by atoms with Crippen molar-refractivity contribution in [3.8, 4) is 11.5 Å². The average molecular weight is 266 g/mol. The van der Waals surface area contributed by atoms with Crippen LogP contribution in [0.2, 0.25) is 0 Å². The number of aryl methyl sites for hydroxylation is 1. The summed E-state index contributed by atoms with van der Waals surface area (Å²) < 4.78 is 5.61. The Balaban J connectivity index is 2.51. The van der Waals surface area contributed by atoms with Crippen LogP contribution in [0.4, 0.5) is 0 Å². The molecule has 20 heavy (non-hydrogen) atoms. The molecule has 0 aromatic carbocycles. The van der Waals surface area contributed by atoms with Crippen molar-refractivity contribution in [1.82, 2.24) is 10.3 Å². The van der Waals surface area contributed by atoms with Gasteiger partial charge < -0.3 is 9.73 Å². The van der Waals surface area contributed by atoms with E-state index >= 15 is 0 Å². The van der Waals surface area contributed by atoms with E-state index in [9.17, 15) is 0 Å². The normalized spacial score (nSPS) is 11.2. The van der Waals surface area contributed by atoms with E-state index in [1.165, 1.54) is 0 Å². The van der Waals surface area contributed by atoms with Gasteiger partial charge in [0.1, 0.15) is 11.5 Å². The molecule has 2 aromatic rings. The predicted molar refractivity (Wildman–Crippen MR) is 84.0 cm³/mol. The van der Waals surface area contributed by atoms with Gasteiger partial charge >= 0.3 is 0 Å². The largest absolute Gasteiger partial charge is 0.460 e. The number of pyridine rings is 1. The minimum Gasteiger partial charge on any atom is -0.460 e. The molecule has 0 aliphatic rings. The third kappa shape index (κ3) is 2.88. The van der Waals surface area contributed by atoms with Crippen LogP contribution in [0.5, 0.6) is 0 Å². The van der Waals surface area contributed by atoms with Gasteiger partial charge in [-0.05, 0) is 42.8 Å². The molecule has 3 nitrogen and oxygen atoms in total. The summed E-state index contributed by atoms with van der Waals surface area (Å²) in [4.78, 5) is 4.63. The topological polar surface area (TPSA) is 38.1 Å². The van der Waals surface area contributed by atoms with Crippen molar-refractivity contribution in [3.05, 3.63) is 66.2 Å². The average Bonchev–Trinajstić information content (AvgIpc) is 2.91. The zero-order valence-corrected chi connectivity index (χ0v) is 11.8. The summed E-state index contributed by atoms with van der Waals surface area (Å²) in [5.41, 5.74) is 3.49. The molecular weight excluding hydrogens is 248 g/mol. The number of aromatic nitrogens is 1. The summed E-state index contributed by atoms with van der Waals surface area (Å²) in [5, 5.41) is 3.06. The third-order valence-electron chi connectivity index (χ3n) is 2.97. The van der Waals surface area contributed by atoms with Gasteiger partial charge in [-0.1, -0.05) is 25.3 Å². The van der Waals surface area contributed by atoms with Gasteiger partial charge in [-0.2, -0.15) is 0 Å². The first-order chi connectivity index (χ1) is 9.67. The summed E-state index contributed by atoms with van der Waals surface area (Å²) in [6, 6.07) is 7.76. The quantitative estimate of drug-likeness (QED) is 0.830. The second-order valence-corrected chi connectivity index (χ2v) is 4.34. The summed E-state index contributed by atoms with van der Waals surface area (Å²) in [7, 11) is 1.85. The maximum atomic E-state index is 5.61. The van der Waals surface area contributed by atoms with Crippen LogP contribution in [0.15, 0.2) is 53.6 Å².